The van der Waals surface area contributed by atoms with Crippen molar-refractivity contribution in [2.24, 2.45) is 0 Å². The summed E-state index contributed by atoms with van der Waals surface area (Å²) < 4.78 is 0.728. The molecule has 0 bridgehead atoms. The van der Waals surface area contributed by atoms with Gasteiger partial charge in [-0.15, -0.1) is 10.2 Å². The molecule has 0 aliphatic heterocycles. The van der Waals surface area contributed by atoms with E-state index in [0.717, 1.165) is 4.34 Å². The third-order valence-electron chi connectivity index (χ3n) is 2.41. The number of hydrogen-bond donors (Lipinski definition) is 3. The van der Waals surface area contributed by atoms with Gasteiger partial charge in [-0.1, -0.05) is 29.2 Å². The first-order valence-electron chi connectivity index (χ1n) is 6.38. The highest BCUT2D eigenvalue weighted by Gasteiger charge is 2.08. The van der Waals surface area contributed by atoms with Gasteiger partial charge in [-0.2, -0.15) is 0 Å². The van der Waals surface area contributed by atoms with E-state index >= 15 is 0 Å². The lowest BCUT2D eigenvalue weighted by Gasteiger charge is -2.07. The van der Waals surface area contributed by atoms with Crippen LogP contribution in [0.2, 0.25) is 0 Å². The smallest absolute Gasteiger partial charge is 0.234 e. The second kappa shape index (κ2) is 7.76. The fraction of sp³-hybridized carbons (Fsp3) is 0.231. The summed E-state index contributed by atoms with van der Waals surface area (Å²) in [6.07, 6.45) is 0. The molecule has 0 saturated heterocycles. The lowest BCUT2D eigenvalue weighted by Crippen LogP contribution is -2.14. The fourth-order valence-corrected chi connectivity index (χ4v) is 3.08. The number of benzene rings is 1. The summed E-state index contributed by atoms with van der Waals surface area (Å²) in [4.78, 5) is 22.9. The van der Waals surface area contributed by atoms with Crippen LogP contribution in [0, 0.1) is 0 Å². The summed E-state index contributed by atoms with van der Waals surface area (Å²) in [5.74, 6) is -0.0651. The lowest BCUT2D eigenvalue weighted by atomic mass is 10.2. The number of amides is 2. The second-order valence-electron chi connectivity index (χ2n) is 4.22. The number of thioether (sulfide) groups is 1. The number of rotatable bonds is 6. The van der Waals surface area contributed by atoms with Gasteiger partial charge in [0.2, 0.25) is 16.9 Å². The van der Waals surface area contributed by atoms with E-state index < -0.39 is 0 Å². The summed E-state index contributed by atoms with van der Waals surface area (Å²) in [7, 11) is 1.77. The third kappa shape index (κ3) is 5.01. The molecular weight excluding hydrogens is 322 g/mol. The van der Waals surface area contributed by atoms with Crippen LogP contribution in [0.5, 0.6) is 0 Å². The van der Waals surface area contributed by atoms with Crippen LogP contribution in [-0.2, 0) is 9.59 Å². The highest BCUT2D eigenvalue weighted by molar-refractivity contribution is 8.01. The molecule has 0 aliphatic rings. The van der Waals surface area contributed by atoms with Crippen LogP contribution >= 0.6 is 23.1 Å². The minimum absolute atomic E-state index is 0.147. The Morgan fingerprint density at radius 2 is 1.95 bits per heavy atom. The maximum absolute atomic E-state index is 11.9. The minimum Gasteiger partial charge on any atom is -0.363 e. The SMILES string of the molecule is CNc1nnc(SCC(=O)Nc2cccc(NC(C)=O)c2)s1. The number of nitrogens with zero attached hydrogens (tertiary/aromatic N) is 2. The van der Waals surface area contributed by atoms with Crippen molar-refractivity contribution in [3.63, 3.8) is 0 Å². The van der Waals surface area contributed by atoms with Gasteiger partial charge >= 0.3 is 0 Å². The Hall–Kier alpha value is -2.13. The van der Waals surface area contributed by atoms with Crippen molar-refractivity contribution in [3.05, 3.63) is 24.3 Å². The zero-order valence-electron chi connectivity index (χ0n) is 12.0. The molecule has 0 radical (unpaired) electrons. The number of carbonyl (C=O) groups is 2. The van der Waals surface area contributed by atoms with Crippen molar-refractivity contribution < 1.29 is 9.59 Å². The van der Waals surface area contributed by atoms with E-state index in [1.54, 1.807) is 31.3 Å². The molecule has 0 atom stereocenters. The zero-order chi connectivity index (χ0) is 15.9. The van der Waals surface area contributed by atoms with Crippen LogP contribution < -0.4 is 16.0 Å². The normalized spacial score (nSPS) is 10.1. The minimum atomic E-state index is -0.157. The summed E-state index contributed by atoms with van der Waals surface area (Å²) in [6, 6.07) is 6.98. The van der Waals surface area contributed by atoms with Crippen LogP contribution in [-0.4, -0.2) is 34.8 Å². The van der Waals surface area contributed by atoms with Gasteiger partial charge in [0.15, 0.2) is 4.34 Å². The van der Waals surface area contributed by atoms with Gasteiger partial charge < -0.3 is 16.0 Å². The molecule has 2 aromatic rings. The molecule has 2 amide bonds. The fourth-order valence-electron chi connectivity index (χ4n) is 1.57. The highest BCUT2D eigenvalue weighted by Crippen LogP contribution is 2.25. The zero-order valence-corrected chi connectivity index (χ0v) is 13.7. The number of aromatic nitrogens is 2. The molecule has 116 valence electrons. The molecular formula is C13H15N5O2S2. The predicted molar refractivity (Wildman–Crippen MR) is 89.6 cm³/mol. The van der Waals surface area contributed by atoms with Crippen LogP contribution in [0.15, 0.2) is 28.6 Å². The standard InChI is InChI=1S/C13H15N5O2S2/c1-8(19)15-9-4-3-5-10(6-9)16-11(20)7-21-13-18-17-12(14-2)22-13/h3-6H,7H2,1-2H3,(H,14,17)(H,15,19)(H,16,20). The van der Waals surface area contributed by atoms with Crippen molar-refractivity contribution >= 4 is 51.4 Å². The Bertz CT molecular complexity index is 674. The maximum Gasteiger partial charge on any atom is 0.234 e. The first-order chi connectivity index (χ1) is 10.6. The van der Waals surface area contributed by atoms with Gasteiger partial charge in [0.25, 0.3) is 0 Å². The molecule has 0 unspecified atom stereocenters. The van der Waals surface area contributed by atoms with Crippen molar-refractivity contribution in [1.82, 2.24) is 10.2 Å². The Labute approximate surface area is 135 Å². The highest BCUT2D eigenvalue weighted by atomic mass is 32.2. The Morgan fingerprint density at radius 3 is 2.59 bits per heavy atom. The quantitative estimate of drug-likeness (QED) is 0.700. The molecule has 1 heterocycles. The summed E-state index contributed by atoms with van der Waals surface area (Å²) >= 11 is 2.71. The van der Waals surface area contributed by atoms with Gasteiger partial charge in [-0.05, 0) is 18.2 Å². The molecule has 3 N–H and O–H groups in total. The van der Waals surface area contributed by atoms with Crippen molar-refractivity contribution in [3.8, 4) is 0 Å². The summed E-state index contributed by atoms with van der Waals surface area (Å²) in [6.45, 7) is 1.43. The Kier molecular flexibility index (Phi) is 5.73. The molecule has 0 aliphatic carbocycles. The monoisotopic (exact) mass is 337 g/mol. The lowest BCUT2D eigenvalue weighted by molar-refractivity contribution is -0.114. The van der Waals surface area contributed by atoms with Crippen LogP contribution in [0.25, 0.3) is 0 Å². The van der Waals surface area contributed by atoms with E-state index in [0.29, 0.717) is 16.5 Å². The third-order valence-corrected chi connectivity index (χ3v) is 4.49. The van der Waals surface area contributed by atoms with E-state index in [2.05, 4.69) is 26.1 Å². The summed E-state index contributed by atoms with van der Waals surface area (Å²) in [5, 5.41) is 16.9. The van der Waals surface area contributed by atoms with Crippen LogP contribution in [0.3, 0.4) is 0 Å². The largest absolute Gasteiger partial charge is 0.363 e. The second-order valence-corrected chi connectivity index (χ2v) is 6.42. The molecule has 7 nitrogen and oxygen atoms in total. The molecule has 1 aromatic carbocycles. The molecule has 0 fully saturated rings. The summed E-state index contributed by atoms with van der Waals surface area (Å²) in [5.41, 5.74) is 1.27. The van der Waals surface area contributed by atoms with Gasteiger partial charge in [-0.3, -0.25) is 9.59 Å². The maximum atomic E-state index is 11.9. The van der Waals surface area contributed by atoms with Gasteiger partial charge in [0, 0.05) is 25.3 Å². The predicted octanol–water partition coefficient (Wildman–Crippen LogP) is 2.27. The molecule has 2 rings (SSSR count). The van der Waals surface area contributed by atoms with Gasteiger partial charge in [0.1, 0.15) is 0 Å². The van der Waals surface area contributed by atoms with E-state index in [4.69, 9.17) is 0 Å². The average molecular weight is 337 g/mol. The number of nitrogens with one attached hydrogen (secondary N) is 3. The van der Waals surface area contributed by atoms with Crippen LogP contribution in [0.4, 0.5) is 16.5 Å². The average Bonchev–Trinajstić information content (AvgIpc) is 2.93. The van der Waals surface area contributed by atoms with Crippen molar-refractivity contribution in [2.75, 3.05) is 28.8 Å². The van der Waals surface area contributed by atoms with E-state index in [1.807, 2.05) is 0 Å². The molecule has 9 heteroatoms. The first kappa shape index (κ1) is 16.2. The van der Waals surface area contributed by atoms with E-state index in [9.17, 15) is 9.59 Å². The topological polar surface area (TPSA) is 96.0 Å². The Balaban J connectivity index is 1.87. The van der Waals surface area contributed by atoms with Gasteiger partial charge in [0.05, 0.1) is 5.75 Å². The molecule has 0 spiro atoms. The van der Waals surface area contributed by atoms with Crippen LogP contribution in [0.1, 0.15) is 6.92 Å². The number of anilines is 3. The van der Waals surface area contributed by atoms with Gasteiger partial charge in [-0.25, -0.2) is 0 Å². The first-order valence-corrected chi connectivity index (χ1v) is 8.18. The molecule has 0 saturated carbocycles. The Morgan fingerprint density at radius 1 is 1.23 bits per heavy atom. The van der Waals surface area contributed by atoms with Crippen molar-refractivity contribution in [2.45, 2.75) is 11.3 Å². The molecule has 22 heavy (non-hydrogen) atoms. The molecule has 1 aromatic heterocycles. The van der Waals surface area contributed by atoms with Crippen molar-refractivity contribution in [1.29, 1.82) is 0 Å². The number of carbonyl (C=O) groups excluding carboxylic acids is 2. The van der Waals surface area contributed by atoms with E-state index in [-0.39, 0.29) is 17.6 Å². The number of hydrogen-bond acceptors (Lipinski definition) is 7. The van der Waals surface area contributed by atoms with E-state index in [1.165, 1.54) is 30.0 Å².